The Balaban J connectivity index is 1.99. The molecule has 1 aromatic carbocycles. The van der Waals surface area contributed by atoms with Gasteiger partial charge in [-0.1, -0.05) is 6.07 Å². The number of hydrogen-bond donors (Lipinski definition) is 2. The highest BCUT2D eigenvalue weighted by atomic mass is 16.5. The van der Waals surface area contributed by atoms with E-state index >= 15 is 0 Å². The van der Waals surface area contributed by atoms with E-state index in [1.54, 1.807) is 25.1 Å². The molecule has 2 aliphatic heterocycles. The second-order valence-electron chi connectivity index (χ2n) is 6.64. The van der Waals surface area contributed by atoms with Gasteiger partial charge in [0.2, 0.25) is 0 Å². The molecule has 0 unspecified atom stereocenters. The highest BCUT2D eigenvalue weighted by Crippen LogP contribution is 2.44. The molecule has 29 heavy (non-hydrogen) atoms. The minimum absolute atomic E-state index is 0.0585. The summed E-state index contributed by atoms with van der Waals surface area (Å²) in [6, 6.07) is 5.26. The van der Waals surface area contributed by atoms with Crippen molar-refractivity contribution in [1.82, 2.24) is 9.55 Å². The second-order valence-corrected chi connectivity index (χ2v) is 6.64. The number of hydrogen-bond acceptors (Lipinski definition) is 7. The number of aromatic nitrogens is 2. The SMILES string of the molecule is CCOc1ccc([C@@H]2C3=C(COC3=O)Nc3c2c(=O)[nH]c(=O)n3CC)cc1OC. The van der Waals surface area contributed by atoms with Gasteiger partial charge in [-0.15, -0.1) is 0 Å². The first kappa shape index (κ1) is 18.9. The van der Waals surface area contributed by atoms with Crippen LogP contribution in [0.4, 0.5) is 5.82 Å². The van der Waals surface area contributed by atoms with E-state index < -0.39 is 23.1 Å². The molecule has 3 heterocycles. The van der Waals surface area contributed by atoms with Gasteiger partial charge in [0.1, 0.15) is 12.4 Å². The summed E-state index contributed by atoms with van der Waals surface area (Å²) in [4.78, 5) is 39.9. The van der Waals surface area contributed by atoms with Crippen molar-refractivity contribution in [2.24, 2.45) is 0 Å². The summed E-state index contributed by atoms with van der Waals surface area (Å²) >= 11 is 0. The van der Waals surface area contributed by atoms with E-state index in [4.69, 9.17) is 14.2 Å². The maximum Gasteiger partial charge on any atom is 0.337 e. The standard InChI is InChI=1S/C20H21N3O6/c1-4-23-17-16(18(24)22-20(23)26)14(15-11(21-17)9-29-19(15)25)10-6-7-12(28-5-2)13(8-10)27-3/h6-8,14,21H,4-5,9H2,1-3H3,(H,22,24,26)/t14-/m1/s1. The zero-order chi connectivity index (χ0) is 20.7. The van der Waals surface area contributed by atoms with Crippen molar-refractivity contribution in [3.05, 3.63) is 61.4 Å². The minimum Gasteiger partial charge on any atom is -0.493 e. The molecule has 1 atom stereocenters. The summed E-state index contributed by atoms with van der Waals surface area (Å²) in [7, 11) is 1.52. The predicted octanol–water partition coefficient (Wildman–Crippen LogP) is 1.33. The number of ether oxygens (including phenoxy) is 3. The summed E-state index contributed by atoms with van der Waals surface area (Å²) in [5, 5.41) is 3.07. The van der Waals surface area contributed by atoms with E-state index in [2.05, 4.69) is 10.3 Å². The van der Waals surface area contributed by atoms with Gasteiger partial charge in [-0.25, -0.2) is 9.59 Å². The number of benzene rings is 1. The Morgan fingerprint density at radius 2 is 2.00 bits per heavy atom. The predicted molar refractivity (Wildman–Crippen MR) is 105 cm³/mol. The highest BCUT2D eigenvalue weighted by Gasteiger charge is 2.41. The zero-order valence-corrected chi connectivity index (χ0v) is 16.3. The summed E-state index contributed by atoms with van der Waals surface area (Å²) in [6.45, 7) is 4.54. The topological polar surface area (TPSA) is 112 Å². The second kappa shape index (κ2) is 7.16. The molecule has 0 radical (unpaired) electrons. The highest BCUT2D eigenvalue weighted by molar-refractivity contribution is 5.96. The molecule has 2 N–H and O–H groups in total. The Morgan fingerprint density at radius 3 is 2.69 bits per heavy atom. The number of carbonyl (C=O) groups is 1. The van der Waals surface area contributed by atoms with Gasteiger partial charge in [0.15, 0.2) is 11.5 Å². The number of H-pyrrole nitrogens is 1. The van der Waals surface area contributed by atoms with Crippen LogP contribution in [0.15, 0.2) is 39.1 Å². The lowest BCUT2D eigenvalue weighted by atomic mass is 9.82. The molecule has 0 aliphatic carbocycles. The van der Waals surface area contributed by atoms with Crippen molar-refractivity contribution in [2.75, 3.05) is 25.6 Å². The van der Waals surface area contributed by atoms with Crippen LogP contribution in [0, 0.1) is 0 Å². The number of aromatic amines is 1. The summed E-state index contributed by atoms with van der Waals surface area (Å²) in [6.07, 6.45) is 0. The number of fused-ring (bicyclic) bond motifs is 1. The number of cyclic esters (lactones) is 1. The number of esters is 1. The van der Waals surface area contributed by atoms with Crippen molar-refractivity contribution < 1.29 is 19.0 Å². The normalized spacial score (nSPS) is 17.3. The molecule has 0 fully saturated rings. The van der Waals surface area contributed by atoms with Gasteiger partial charge in [-0.05, 0) is 31.5 Å². The van der Waals surface area contributed by atoms with Gasteiger partial charge in [-0.3, -0.25) is 14.3 Å². The third-order valence-corrected chi connectivity index (χ3v) is 5.11. The molecule has 9 nitrogen and oxygen atoms in total. The monoisotopic (exact) mass is 399 g/mol. The van der Waals surface area contributed by atoms with E-state index in [0.717, 1.165) is 0 Å². The number of nitrogens with one attached hydrogen (secondary N) is 2. The van der Waals surface area contributed by atoms with Crippen LogP contribution in [-0.2, 0) is 16.1 Å². The first-order chi connectivity index (χ1) is 14.0. The number of nitrogens with zero attached hydrogens (tertiary/aromatic N) is 1. The smallest absolute Gasteiger partial charge is 0.337 e. The fourth-order valence-corrected chi connectivity index (χ4v) is 3.86. The van der Waals surface area contributed by atoms with E-state index in [0.29, 0.717) is 47.3 Å². The van der Waals surface area contributed by atoms with E-state index in [-0.39, 0.29) is 12.2 Å². The van der Waals surface area contributed by atoms with Gasteiger partial charge in [0.25, 0.3) is 5.56 Å². The quantitative estimate of drug-likeness (QED) is 0.730. The van der Waals surface area contributed by atoms with Gasteiger partial charge < -0.3 is 19.5 Å². The Morgan fingerprint density at radius 1 is 1.21 bits per heavy atom. The Labute approximate surface area is 165 Å². The van der Waals surface area contributed by atoms with E-state index in [1.165, 1.54) is 11.7 Å². The first-order valence-electron chi connectivity index (χ1n) is 9.35. The van der Waals surface area contributed by atoms with Crippen molar-refractivity contribution in [3.8, 4) is 11.5 Å². The molecule has 152 valence electrons. The largest absolute Gasteiger partial charge is 0.493 e. The van der Waals surface area contributed by atoms with E-state index in [9.17, 15) is 14.4 Å². The van der Waals surface area contributed by atoms with Gasteiger partial charge in [0, 0.05) is 6.54 Å². The molecule has 0 saturated carbocycles. The molecule has 2 aromatic rings. The molecule has 2 aliphatic rings. The van der Waals surface area contributed by atoms with Crippen LogP contribution in [0.3, 0.4) is 0 Å². The number of rotatable bonds is 5. The lowest BCUT2D eigenvalue weighted by Gasteiger charge is -2.28. The third kappa shape index (κ3) is 2.89. The van der Waals surface area contributed by atoms with Gasteiger partial charge >= 0.3 is 11.7 Å². The van der Waals surface area contributed by atoms with Crippen molar-refractivity contribution in [2.45, 2.75) is 26.3 Å². The maximum absolute atomic E-state index is 12.8. The molecular weight excluding hydrogens is 378 g/mol. The average Bonchev–Trinajstić information content (AvgIpc) is 3.08. The third-order valence-electron chi connectivity index (χ3n) is 5.11. The Kier molecular flexibility index (Phi) is 4.65. The van der Waals surface area contributed by atoms with Crippen LogP contribution in [-0.4, -0.2) is 35.8 Å². The van der Waals surface area contributed by atoms with Gasteiger partial charge in [-0.2, -0.15) is 0 Å². The van der Waals surface area contributed by atoms with Crippen LogP contribution in [0.2, 0.25) is 0 Å². The van der Waals surface area contributed by atoms with Crippen molar-refractivity contribution in [1.29, 1.82) is 0 Å². The van der Waals surface area contributed by atoms with Crippen LogP contribution >= 0.6 is 0 Å². The van der Waals surface area contributed by atoms with Gasteiger partial charge in [0.05, 0.1) is 36.5 Å². The van der Waals surface area contributed by atoms with Crippen molar-refractivity contribution >= 4 is 11.8 Å². The summed E-state index contributed by atoms with van der Waals surface area (Å²) in [5.74, 6) is 0.213. The number of carbonyl (C=O) groups excluding carboxylic acids is 1. The molecule has 1 aromatic heterocycles. The van der Waals surface area contributed by atoms with Crippen molar-refractivity contribution in [3.63, 3.8) is 0 Å². The number of anilines is 1. The Hall–Kier alpha value is -3.49. The minimum atomic E-state index is -0.706. The van der Waals surface area contributed by atoms with Crippen LogP contribution < -0.4 is 26.0 Å². The first-order valence-corrected chi connectivity index (χ1v) is 9.35. The van der Waals surface area contributed by atoms with Crippen LogP contribution in [0.1, 0.15) is 30.9 Å². The maximum atomic E-state index is 12.8. The molecule has 4 rings (SSSR count). The molecule has 0 spiro atoms. The fourth-order valence-electron chi connectivity index (χ4n) is 3.86. The summed E-state index contributed by atoms with van der Waals surface area (Å²) < 4.78 is 17.7. The van der Waals surface area contributed by atoms with Crippen LogP contribution in [0.5, 0.6) is 11.5 Å². The molecule has 0 saturated heterocycles. The molecule has 9 heteroatoms. The summed E-state index contributed by atoms with van der Waals surface area (Å²) in [5.41, 5.74) is 0.789. The lowest BCUT2D eigenvalue weighted by molar-refractivity contribution is -0.136. The molecular formula is C20H21N3O6. The molecule has 0 bridgehead atoms. The fraction of sp³-hybridized carbons (Fsp3) is 0.350. The van der Waals surface area contributed by atoms with Crippen LogP contribution in [0.25, 0.3) is 0 Å². The number of methoxy groups -OCH3 is 1. The van der Waals surface area contributed by atoms with E-state index in [1.807, 2.05) is 6.92 Å². The Bertz CT molecular complexity index is 1140. The zero-order valence-electron chi connectivity index (χ0n) is 16.3. The lowest BCUT2D eigenvalue weighted by Crippen LogP contribution is -2.38. The average molecular weight is 399 g/mol. The molecule has 0 amide bonds.